The summed E-state index contributed by atoms with van der Waals surface area (Å²) in [4.78, 5) is 7.25. The maximum atomic E-state index is 12.4. The van der Waals surface area contributed by atoms with E-state index in [1.54, 1.807) is 12.1 Å². The number of rotatable bonds is 2. The van der Waals surface area contributed by atoms with Gasteiger partial charge in [0.2, 0.25) is 0 Å². The molecule has 18 heavy (non-hydrogen) atoms. The van der Waals surface area contributed by atoms with Crippen LogP contribution in [0.15, 0.2) is 30.7 Å². The largest absolute Gasteiger partial charge is 0.443 e. The van der Waals surface area contributed by atoms with Gasteiger partial charge in [0.05, 0.1) is 4.88 Å². The summed E-state index contributed by atoms with van der Waals surface area (Å²) in [6, 6.07) is 3.20. The zero-order valence-electron chi connectivity index (χ0n) is 9.27. The van der Waals surface area contributed by atoms with Crippen LogP contribution < -0.4 is 0 Å². The second kappa shape index (κ2) is 4.33. The monoisotopic (exact) mass is 274 g/mol. The maximum absolute atomic E-state index is 12.4. The summed E-state index contributed by atoms with van der Waals surface area (Å²) in [5, 5.41) is 9.33. The molecule has 96 valence electrons. The first kappa shape index (κ1) is 13.0. The van der Waals surface area contributed by atoms with Crippen LogP contribution in [-0.4, -0.2) is 15.1 Å². The van der Waals surface area contributed by atoms with Gasteiger partial charge >= 0.3 is 6.18 Å². The molecule has 0 aliphatic rings. The Labute approximate surface area is 105 Å². The number of nitrogens with zero attached hydrogens (tertiary/aromatic N) is 2. The van der Waals surface area contributed by atoms with E-state index in [0.29, 0.717) is 16.9 Å². The van der Waals surface area contributed by atoms with Gasteiger partial charge in [-0.05, 0) is 13.0 Å². The lowest BCUT2D eigenvalue weighted by molar-refractivity contribution is -0.137. The number of pyridine rings is 1. The van der Waals surface area contributed by atoms with Crippen molar-refractivity contribution in [1.82, 2.24) is 9.97 Å². The van der Waals surface area contributed by atoms with Crippen molar-refractivity contribution in [2.75, 3.05) is 0 Å². The van der Waals surface area contributed by atoms with Gasteiger partial charge < -0.3 is 5.11 Å². The molecule has 1 N–H and O–H groups in total. The van der Waals surface area contributed by atoms with Gasteiger partial charge in [-0.25, -0.2) is 4.98 Å². The Kier molecular flexibility index (Phi) is 3.12. The summed E-state index contributed by atoms with van der Waals surface area (Å²) in [5.74, 6) is 0. The molecule has 0 amide bonds. The van der Waals surface area contributed by atoms with Crippen molar-refractivity contribution in [2.24, 2.45) is 0 Å². The molecule has 0 radical (unpaired) electrons. The van der Waals surface area contributed by atoms with Crippen LogP contribution >= 0.6 is 11.3 Å². The molecule has 2 aromatic heterocycles. The standard InChI is InChI=1S/C11H9F3N2OS/c1-10(17,7-3-2-4-15-5-7)8-6-16-9(18-8)11(12,13)14/h2-6,17H,1H3. The quantitative estimate of drug-likeness (QED) is 0.916. The van der Waals surface area contributed by atoms with Gasteiger partial charge in [0.25, 0.3) is 0 Å². The van der Waals surface area contributed by atoms with E-state index in [9.17, 15) is 18.3 Å². The van der Waals surface area contributed by atoms with Crippen LogP contribution in [0.1, 0.15) is 22.4 Å². The van der Waals surface area contributed by atoms with Gasteiger partial charge in [0, 0.05) is 24.2 Å². The predicted octanol–water partition coefficient (Wildman–Crippen LogP) is 2.81. The van der Waals surface area contributed by atoms with Gasteiger partial charge in [-0.15, -0.1) is 11.3 Å². The summed E-state index contributed by atoms with van der Waals surface area (Å²) >= 11 is 0.428. The number of halogens is 3. The Balaban J connectivity index is 2.40. The van der Waals surface area contributed by atoms with Crippen LogP contribution in [0.2, 0.25) is 0 Å². The topological polar surface area (TPSA) is 46.0 Å². The Morgan fingerprint density at radius 3 is 2.50 bits per heavy atom. The molecular weight excluding hydrogens is 265 g/mol. The molecule has 7 heteroatoms. The molecule has 0 saturated heterocycles. The molecule has 1 atom stereocenters. The van der Waals surface area contributed by atoms with Crippen LogP contribution in [-0.2, 0) is 11.8 Å². The lowest BCUT2D eigenvalue weighted by Crippen LogP contribution is -2.21. The van der Waals surface area contributed by atoms with E-state index in [-0.39, 0.29) is 4.88 Å². The number of hydrogen-bond donors (Lipinski definition) is 1. The molecule has 0 spiro atoms. The normalized spacial score (nSPS) is 15.4. The van der Waals surface area contributed by atoms with Gasteiger partial charge in [-0.2, -0.15) is 13.2 Å². The Morgan fingerprint density at radius 2 is 2.00 bits per heavy atom. The molecule has 2 rings (SSSR count). The SMILES string of the molecule is CC(O)(c1cccnc1)c1cnc(C(F)(F)F)s1. The van der Waals surface area contributed by atoms with E-state index >= 15 is 0 Å². The molecule has 2 heterocycles. The number of thiazole rings is 1. The lowest BCUT2D eigenvalue weighted by atomic mass is 9.97. The van der Waals surface area contributed by atoms with Crippen molar-refractivity contribution in [3.8, 4) is 0 Å². The first-order valence-electron chi connectivity index (χ1n) is 4.98. The summed E-state index contributed by atoms with van der Waals surface area (Å²) < 4.78 is 37.3. The van der Waals surface area contributed by atoms with Crippen LogP contribution in [0, 0.1) is 0 Å². The second-order valence-corrected chi connectivity index (χ2v) is 4.87. The fourth-order valence-corrected chi connectivity index (χ4v) is 2.27. The zero-order chi connectivity index (χ0) is 13.4. The minimum absolute atomic E-state index is 0.128. The minimum Gasteiger partial charge on any atom is -0.380 e. The molecule has 1 unspecified atom stereocenters. The average molecular weight is 274 g/mol. The van der Waals surface area contributed by atoms with E-state index in [0.717, 1.165) is 6.20 Å². The molecule has 0 saturated carbocycles. The molecule has 0 bridgehead atoms. The van der Waals surface area contributed by atoms with Crippen LogP contribution in [0.4, 0.5) is 13.2 Å². The minimum atomic E-state index is -4.49. The van der Waals surface area contributed by atoms with Crippen LogP contribution in [0.5, 0.6) is 0 Å². The lowest BCUT2D eigenvalue weighted by Gasteiger charge is -2.21. The highest BCUT2D eigenvalue weighted by atomic mass is 32.1. The van der Waals surface area contributed by atoms with Gasteiger partial charge in [-0.3, -0.25) is 4.98 Å². The summed E-state index contributed by atoms with van der Waals surface area (Å²) in [6.45, 7) is 1.41. The first-order chi connectivity index (χ1) is 8.32. The molecule has 0 aliphatic heterocycles. The molecular formula is C11H9F3N2OS. The highest BCUT2D eigenvalue weighted by molar-refractivity contribution is 7.11. The summed E-state index contributed by atoms with van der Waals surface area (Å²) in [7, 11) is 0. The third kappa shape index (κ3) is 2.37. The van der Waals surface area contributed by atoms with E-state index in [2.05, 4.69) is 9.97 Å². The highest BCUT2D eigenvalue weighted by Gasteiger charge is 2.37. The Morgan fingerprint density at radius 1 is 1.28 bits per heavy atom. The number of aliphatic hydroxyl groups is 1. The second-order valence-electron chi connectivity index (χ2n) is 3.84. The average Bonchev–Trinajstić information content (AvgIpc) is 2.79. The molecule has 3 nitrogen and oxygen atoms in total. The van der Waals surface area contributed by atoms with Gasteiger partial charge in [0.15, 0.2) is 5.01 Å². The number of alkyl halides is 3. The molecule has 0 aliphatic carbocycles. The fourth-order valence-electron chi connectivity index (χ4n) is 1.42. The molecule has 0 aromatic carbocycles. The molecule has 2 aromatic rings. The van der Waals surface area contributed by atoms with Gasteiger partial charge in [-0.1, -0.05) is 6.07 Å². The van der Waals surface area contributed by atoms with Crippen LogP contribution in [0.25, 0.3) is 0 Å². The highest BCUT2D eigenvalue weighted by Crippen LogP contribution is 2.38. The van der Waals surface area contributed by atoms with Gasteiger partial charge in [0.1, 0.15) is 5.60 Å². The maximum Gasteiger partial charge on any atom is 0.443 e. The fraction of sp³-hybridized carbons (Fsp3) is 0.273. The van der Waals surface area contributed by atoms with Crippen molar-refractivity contribution in [3.05, 3.63) is 46.2 Å². The first-order valence-corrected chi connectivity index (χ1v) is 5.80. The van der Waals surface area contributed by atoms with Crippen molar-refractivity contribution < 1.29 is 18.3 Å². The zero-order valence-corrected chi connectivity index (χ0v) is 10.1. The third-order valence-electron chi connectivity index (χ3n) is 2.45. The summed E-state index contributed by atoms with van der Waals surface area (Å²) in [5.41, 5.74) is -1.11. The van der Waals surface area contributed by atoms with Crippen molar-refractivity contribution in [1.29, 1.82) is 0 Å². The predicted molar refractivity (Wildman–Crippen MR) is 60.0 cm³/mol. The third-order valence-corrected chi connectivity index (χ3v) is 3.70. The van der Waals surface area contributed by atoms with E-state index in [1.165, 1.54) is 19.3 Å². The number of hydrogen-bond acceptors (Lipinski definition) is 4. The Bertz CT molecular complexity index is 537. The molecule has 0 fully saturated rings. The smallest absolute Gasteiger partial charge is 0.380 e. The van der Waals surface area contributed by atoms with Crippen LogP contribution in [0.3, 0.4) is 0 Å². The number of aromatic nitrogens is 2. The van der Waals surface area contributed by atoms with Crippen molar-refractivity contribution >= 4 is 11.3 Å². The summed E-state index contributed by atoms with van der Waals surface area (Å²) in [6.07, 6.45) is -0.519. The van der Waals surface area contributed by atoms with E-state index in [1.807, 2.05) is 0 Å². The van der Waals surface area contributed by atoms with Crippen molar-refractivity contribution in [2.45, 2.75) is 18.7 Å². The van der Waals surface area contributed by atoms with Crippen molar-refractivity contribution in [3.63, 3.8) is 0 Å². The Hall–Kier alpha value is -1.47. The van der Waals surface area contributed by atoms with E-state index < -0.39 is 16.8 Å². The van der Waals surface area contributed by atoms with E-state index in [4.69, 9.17) is 0 Å².